The van der Waals surface area contributed by atoms with Gasteiger partial charge in [-0.25, -0.2) is 0 Å². The highest BCUT2D eigenvalue weighted by Gasteiger charge is 2.31. The first-order chi connectivity index (χ1) is 12.5. The second kappa shape index (κ2) is 7.43. The molecular weight excluding hydrogens is 334 g/mol. The Morgan fingerprint density at radius 3 is 2.81 bits per heavy atom. The number of rotatable bonds is 5. The molecule has 26 heavy (non-hydrogen) atoms. The minimum Gasteiger partial charge on any atom is -0.497 e. The van der Waals surface area contributed by atoms with E-state index in [1.54, 1.807) is 31.2 Å². The van der Waals surface area contributed by atoms with E-state index in [9.17, 15) is 14.9 Å². The second-order valence-electron chi connectivity index (χ2n) is 6.17. The summed E-state index contributed by atoms with van der Waals surface area (Å²) in [5.41, 5.74) is 1.62. The van der Waals surface area contributed by atoms with Gasteiger partial charge in [-0.05, 0) is 42.7 Å². The lowest BCUT2D eigenvalue weighted by atomic mass is 10.0. The molecule has 1 N–H and O–H groups in total. The Hall–Kier alpha value is -3.09. The van der Waals surface area contributed by atoms with Crippen LogP contribution in [-0.4, -0.2) is 36.4 Å². The Morgan fingerprint density at radius 1 is 1.31 bits per heavy atom. The van der Waals surface area contributed by atoms with Crippen molar-refractivity contribution >= 4 is 17.3 Å². The van der Waals surface area contributed by atoms with Crippen molar-refractivity contribution in [2.45, 2.75) is 18.9 Å². The van der Waals surface area contributed by atoms with Gasteiger partial charge >= 0.3 is 0 Å². The number of hydrogen-bond acceptors (Lipinski definition) is 5. The molecule has 1 saturated heterocycles. The Labute approximate surface area is 151 Å². The molecule has 0 bridgehead atoms. The molecular formula is C19H21N3O4. The van der Waals surface area contributed by atoms with Crippen molar-refractivity contribution in [3.05, 3.63) is 63.7 Å². The van der Waals surface area contributed by atoms with Crippen molar-refractivity contribution in [2.24, 2.45) is 0 Å². The number of anilines is 1. The number of nitro benzene ring substituents is 1. The third kappa shape index (κ3) is 3.33. The average Bonchev–Trinajstić information content (AvgIpc) is 3.16. The van der Waals surface area contributed by atoms with Crippen LogP contribution in [0, 0.1) is 10.1 Å². The molecule has 3 rings (SSSR count). The number of likely N-dealkylation sites (tertiary alicyclic amines) is 1. The number of nitro groups is 1. The molecule has 7 heteroatoms. The smallest absolute Gasteiger partial charge is 0.293 e. The van der Waals surface area contributed by atoms with Crippen LogP contribution in [0.1, 0.15) is 34.8 Å². The van der Waals surface area contributed by atoms with E-state index >= 15 is 0 Å². The highest BCUT2D eigenvalue weighted by atomic mass is 16.6. The van der Waals surface area contributed by atoms with Crippen LogP contribution in [0.4, 0.5) is 11.4 Å². The standard InChI is InChI=1S/C19H21N3O4/c1-20-16-9-8-14(12-18(16)22(24)25)19(23)21-10-4-7-17(21)13-5-3-6-15(11-13)26-2/h3,5-6,8-9,11-12,17,20H,4,7,10H2,1-2H3. The summed E-state index contributed by atoms with van der Waals surface area (Å²) in [4.78, 5) is 25.6. The van der Waals surface area contributed by atoms with Gasteiger partial charge in [0.25, 0.3) is 11.6 Å². The van der Waals surface area contributed by atoms with Crippen molar-refractivity contribution < 1.29 is 14.5 Å². The summed E-state index contributed by atoms with van der Waals surface area (Å²) in [5.74, 6) is 0.553. The normalized spacial score (nSPS) is 16.4. The first-order valence-corrected chi connectivity index (χ1v) is 8.46. The van der Waals surface area contributed by atoms with Crippen LogP contribution >= 0.6 is 0 Å². The molecule has 0 radical (unpaired) electrons. The molecule has 0 spiro atoms. The number of nitrogens with zero attached hydrogens (tertiary/aromatic N) is 2. The van der Waals surface area contributed by atoms with Gasteiger partial charge in [-0.1, -0.05) is 12.1 Å². The fraction of sp³-hybridized carbons (Fsp3) is 0.316. The number of hydrogen-bond donors (Lipinski definition) is 1. The number of ether oxygens (including phenoxy) is 1. The minimum absolute atomic E-state index is 0.0550. The predicted molar refractivity (Wildman–Crippen MR) is 98.6 cm³/mol. The summed E-state index contributed by atoms with van der Waals surface area (Å²) < 4.78 is 5.28. The molecule has 1 atom stereocenters. The van der Waals surface area contributed by atoms with E-state index in [1.165, 1.54) is 6.07 Å². The SMILES string of the molecule is CNc1ccc(C(=O)N2CCCC2c2cccc(OC)c2)cc1[N+](=O)[O-]. The van der Waals surface area contributed by atoms with Gasteiger partial charge in [0.05, 0.1) is 18.1 Å². The Bertz CT molecular complexity index is 837. The predicted octanol–water partition coefficient (Wildman–Crippen LogP) is 3.62. The third-order valence-corrected chi connectivity index (χ3v) is 4.70. The number of carbonyl (C=O) groups excluding carboxylic acids is 1. The Balaban J connectivity index is 1.91. The molecule has 7 nitrogen and oxygen atoms in total. The van der Waals surface area contributed by atoms with Crippen LogP contribution in [0.15, 0.2) is 42.5 Å². The summed E-state index contributed by atoms with van der Waals surface area (Å²) in [6, 6.07) is 12.2. The number of amides is 1. The lowest BCUT2D eigenvalue weighted by Crippen LogP contribution is -2.30. The van der Waals surface area contributed by atoms with Gasteiger partial charge in [0.15, 0.2) is 0 Å². The van der Waals surface area contributed by atoms with E-state index in [2.05, 4.69) is 5.32 Å². The second-order valence-corrected chi connectivity index (χ2v) is 6.17. The van der Waals surface area contributed by atoms with Crippen LogP contribution < -0.4 is 10.1 Å². The minimum atomic E-state index is -0.480. The highest BCUT2D eigenvalue weighted by Crippen LogP contribution is 2.35. The van der Waals surface area contributed by atoms with Crippen molar-refractivity contribution in [1.82, 2.24) is 4.90 Å². The topological polar surface area (TPSA) is 84.7 Å². The van der Waals surface area contributed by atoms with Gasteiger partial charge in [-0.3, -0.25) is 14.9 Å². The fourth-order valence-corrected chi connectivity index (χ4v) is 3.40. The fourth-order valence-electron chi connectivity index (χ4n) is 3.40. The average molecular weight is 355 g/mol. The number of methoxy groups -OCH3 is 1. The summed E-state index contributed by atoms with van der Waals surface area (Å²) in [6.45, 7) is 0.627. The molecule has 0 saturated carbocycles. The molecule has 2 aromatic carbocycles. The quantitative estimate of drug-likeness (QED) is 0.654. The van der Waals surface area contributed by atoms with E-state index in [0.717, 1.165) is 24.2 Å². The number of nitrogens with one attached hydrogen (secondary N) is 1. The van der Waals surface area contributed by atoms with Crippen LogP contribution in [-0.2, 0) is 0 Å². The largest absolute Gasteiger partial charge is 0.497 e. The Morgan fingerprint density at radius 2 is 2.12 bits per heavy atom. The highest BCUT2D eigenvalue weighted by molar-refractivity contribution is 5.96. The lowest BCUT2D eigenvalue weighted by molar-refractivity contribution is -0.384. The molecule has 1 aliphatic heterocycles. The molecule has 0 aromatic heterocycles. The molecule has 1 aliphatic rings. The zero-order valence-electron chi connectivity index (χ0n) is 14.8. The molecule has 1 amide bonds. The van der Waals surface area contributed by atoms with Crippen LogP contribution in [0.2, 0.25) is 0 Å². The maximum Gasteiger partial charge on any atom is 0.293 e. The molecule has 1 heterocycles. The number of benzene rings is 2. The van der Waals surface area contributed by atoms with E-state index in [4.69, 9.17) is 4.74 Å². The van der Waals surface area contributed by atoms with Gasteiger partial charge in [0, 0.05) is 25.2 Å². The summed E-state index contributed by atoms with van der Waals surface area (Å²) in [6.07, 6.45) is 1.75. The van der Waals surface area contributed by atoms with Crippen molar-refractivity contribution in [2.75, 3.05) is 26.0 Å². The third-order valence-electron chi connectivity index (χ3n) is 4.70. The molecule has 1 unspecified atom stereocenters. The van der Waals surface area contributed by atoms with Crippen molar-refractivity contribution in [3.63, 3.8) is 0 Å². The van der Waals surface area contributed by atoms with E-state index in [1.807, 2.05) is 24.3 Å². The first kappa shape index (κ1) is 17.7. The lowest BCUT2D eigenvalue weighted by Gasteiger charge is -2.25. The monoisotopic (exact) mass is 355 g/mol. The molecule has 136 valence electrons. The maximum absolute atomic E-state index is 13.0. The van der Waals surface area contributed by atoms with Crippen molar-refractivity contribution in [3.8, 4) is 5.75 Å². The molecule has 2 aromatic rings. The maximum atomic E-state index is 13.0. The zero-order chi connectivity index (χ0) is 18.7. The van der Waals surface area contributed by atoms with E-state index in [0.29, 0.717) is 17.8 Å². The Kier molecular flexibility index (Phi) is 5.06. The summed E-state index contributed by atoms with van der Waals surface area (Å²) in [7, 11) is 3.22. The molecule has 1 fully saturated rings. The number of carbonyl (C=O) groups is 1. The van der Waals surface area contributed by atoms with E-state index < -0.39 is 4.92 Å². The van der Waals surface area contributed by atoms with Gasteiger partial charge < -0.3 is 15.0 Å². The van der Waals surface area contributed by atoms with Crippen LogP contribution in [0.25, 0.3) is 0 Å². The summed E-state index contributed by atoms with van der Waals surface area (Å²) in [5, 5.41) is 14.0. The van der Waals surface area contributed by atoms with Crippen molar-refractivity contribution in [1.29, 1.82) is 0 Å². The van der Waals surface area contributed by atoms with Gasteiger partial charge in [0.1, 0.15) is 11.4 Å². The zero-order valence-corrected chi connectivity index (χ0v) is 14.8. The van der Waals surface area contributed by atoms with Crippen LogP contribution in [0.3, 0.4) is 0 Å². The van der Waals surface area contributed by atoms with Gasteiger partial charge in [-0.15, -0.1) is 0 Å². The summed E-state index contributed by atoms with van der Waals surface area (Å²) >= 11 is 0. The molecule has 0 aliphatic carbocycles. The van der Waals surface area contributed by atoms with Gasteiger partial charge in [-0.2, -0.15) is 0 Å². The first-order valence-electron chi connectivity index (χ1n) is 8.46. The van der Waals surface area contributed by atoms with Crippen LogP contribution in [0.5, 0.6) is 5.75 Å². The van der Waals surface area contributed by atoms with E-state index in [-0.39, 0.29) is 17.6 Å². The van der Waals surface area contributed by atoms with Gasteiger partial charge in [0.2, 0.25) is 0 Å².